The number of aliphatic hydroxyl groups excluding tert-OH is 1. The van der Waals surface area contributed by atoms with Gasteiger partial charge < -0.3 is 35.5 Å². The number of hydrogen-bond donors (Lipinski definition) is 3. The average Bonchev–Trinajstić information content (AvgIpc) is 3.38. The fourth-order valence-electron chi connectivity index (χ4n) is 5.10. The van der Waals surface area contributed by atoms with Crippen LogP contribution in [0, 0.1) is 11.6 Å². The van der Waals surface area contributed by atoms with Crippen molar-refractivity contribution in [2.24, 2.45) is 5.73 Å². The van der Waals surface area contributed by atoms with Gasteiger partial charge in [0.05, 0.1) is 36.0 Å². The van der Waals surface area contributed by atoms with Crippen molar-refractivity contribution >= 4 is 22.7 Å². The molecule has 11 nitrogen and oxygen atoms in total. The van der Waals surface area contributed by atoms with Crippen LogP contribution < -0.4 is 21.1 Å². The van der Waals surface area contributed by atoms with Gasteiger partial charge in [0, 0.05) is 25.8 Å². The molecule has 224 valence electrons. The van der Waals surface area contributed by atoms with Gasteiger partial charge in [0.25, 0.3) is 6.43 Å². The molecule has 0 bridgehead atoms. The van der Waals surface area contributed by atoms with E-state index in [0.717, 1.165) is 12.1 Å². The molecule has 4 aromatic rings. The van der Waals surface area contributed by atoms with Crippen LogP contribution in [0.2, 0.25) is 0 Å². The van der Waals surface area contributed by atoms with E-state index in [1.165, 1.54) is 32.9 Å². The number of fused-ring (bicyclic) bond motifs is 1. The minimum absolute atomic E-state index is 0.0701. The second kappa shape index (κ2) is 11.7. The summed E-state index contributed by atoms with van der Waals surface area (Å²) in [5, 5.41) is 10.2. The first-order chi connectivity index (χ1) is 20.0. The van der Waals surface area contributed by atoms with E-state index in [4.69, 9.17) is 20.9 Å². The number of piperidine rings is 1. The summed E-state index contributed by atoms with van der Waals surface area (Å²) < 4.78 is 68.6. The van der Waals surface area contributed by atoms with E-state index in [2.05, 4.69) is 19.9 Å². The van der Waals surface area contributed by atoms with Crippen LogP contribution in [0.3, 0.4) is 0 Å². The van der Waals surface area contributed by atoms with Crippen LogP contribution in [-0.2, 0) is 11.3 Å². The van der Waals surface area contributed by atoms with Crippen molar-refractivity contribution in [3.05, 3.63) is 54.2 Å². The third-order valence-electron chi connectivity index (χ3n) is 7.37. The lowest BCUT2D eigenvalue weighted by molar-refractivity contribution is -0.0529. The smallest absolute Gasteiger partial charge is 0.265 e. The third-order valence-corrected chi connectivity index (χ3v) is 7.37. The van der Waals surface area contributed by atoms with Crippen LogP contribution in [0.15, 0.2) is 37.1 Å². The highest BCUT2D eigenvalue weighted by atomic mass is 19.3. The Bertz CT molecular complexity index is 1570. The van der Waals surface area contributed by atoms with Crippen molar-refractivity contribution < 1.29 is 32.1 Å². The van der Waals surface area contributed by atoms with Gasteiger partial charge in [-0.15, -0.1) is 0 Å². The highest BCUT2D eigenvalue weighted by Gasteiger charge is 2.43. The Labute approximate surface area is 238 Å². The number of aliphatic hydroxyl groups is 1. The number of alkyl halides is 2. The highest BCUT2D eigenvalue weighted by Crippen LogP contribution is 2.35. The molecule has 5 rings (SSSR count). The van der Waals surface area contributed by atoms with Gasteiger partial charge in [-0.25, -0.2) is 32.5 Å². The lowest BCUT2D eigenvalue weighted by Crippen LogP contribution is -2.63. The van der Waals surface area contributed by atoms with Gasteiger partial charge in [-0.05, 0) is 43.5 Å². The molecule has 0 aliphatic carbocycles. The number of nitrogens with zero attached hydrogens (tertiary/aromatic N) is 6. The Hall–Kier alpha value is -4.08. The number of pyridine rings is 1. The summed E-state index contributed by atoms with van der Waals surface area (Å²) in [6, 6.07) is 3.82. The molecule has 1 saturated heterocycles. The molecule has 0 amide bonds. The monoisotopic (exact) mass is 590 g/mol. The fourth-order valence-corrected chi connectivity index (χ4v) is 5.10. The van der Waals surface area contributed by atoms with Crippen molar-refractivity contribution in [1.29, 1.82) is 0 Å². The molecular weight excluding hydrogens is 560 g/mol. The van der Waals surface area contributed by atoms with E-state index < -0.39 is 41.7 Å². The number of ether oxygens (including phenoxy) is 2. The normalized spacial score (nSPS) is 18.9. The number of hydrogen-bond acceptors (Lipinski definition) is 10. The van der Waals surface area contributed by atoms with Crippen molar-refractivity contribution in [3.8, 4) is 17.0 Å². The third kappa shape index (κ3) is 5.67. The van der Waals surface area contributed by atoms with E-state index in [0.29, 0.717) is 35.4 Å². The zero-order valence-corrected chi connectivity index (χ0v) is 22.8. The molecule has 4 heterocycles. The van der Waals surface area contributed by atoms with Crippen LogP contribution in [0.25, 0.3) is 22.4 Å². The maximum absolute atomic E-state index is 14.9. The Morgan fingerprint density at radius 2 is 1.86 bits per heavy atom. The summed E-state index contributed by atoms with van der Waals surface area (Å²) in [7, 11) is 1.34. The van der Waals surface area contributed by atoms with Crippen molar-refractivity contribution in [3.63, 3.8) is 0 Å². The first kappa shape index (κ1) is 29.4. The van der Waals surface area contributed by atoms with Crippen molar-refractivity contribution in [1.82, 2.24) is 24.5 Å². The van der Waals surface area contributed by atoms with Crippen molar-refractivity contribution in [2.45, 2.75) is 50.7 Å². The van der Waals surface area contributed by atoms with E-state index in [-0.39, 0.29) is 36.6 Å². The van der Waals surface area contributed by atoms with Crippen LogP contribution in [0.4, 0.5) is 29.1 Å². The van der Waals surface area contributed by atoms with E-state index in [1.807, 2.05) is 0 Å². The molecule has 1 aliphatic heterocycles. The molecule has 0 radical (unpaired) electrons. The highest BCUT2D eigenvalue weighted by molar-refractivity contribution is 5.81. The number of nitrogens with two attached hydrogens (primary N) is 2. The van der Waals surface area contributed by atoms with E-state index in [1.54, 1.807) is 15.5 Å². The maximum atomic E-state index is 14.9. The SMILES string of the molecule is COC(C)Oc1c(F)cc(-c2cc(Cn3cnc4c(N)ncnc43)c(N3CCC[C@](N)([C@@H](O)C(F)F)C3)cn2)cc1F. The Balaban J connectivity index is 1.57. The number of nitrogen functional groups attached to an aromatic ring is 1. The summed E-state index contributed by atoms with van der Waals surface area (Å²) in [6.45, 7) is 2.03. The predicted molar refractivity (Wildman–Crippen MR) is 146 cm³/mol. The number of anilines is 2. The summed E-state index contributed by atoms with van der Waals surface area (Å²) in [6.07, 6.45) is -0.971. The second-order valence-electron chi connectivity index (χ2n) is 10.2. The number of imidazole rings is 1. The van der Waals surface area contributed by atoms with Crippen LogP contribution in [0.5, 0.6) is 5.75 Å². The second-order valence-corrected chi connectivity index (χ2v) is 10.2. The zero-order valence-electron chi connectivity index (χ0n) is 22.8. The summed E-state index contributed by atoms with van der Waals surface area (Å²) >= 11 is 0. The number of aromatic nitrogens is 5. The Kier molecular flexibility index (Phi) is 8.17. The molecule has 3 aromatic heterocycles. The van der Waals surface area contributed by atoms with E-state index >= 15 is 0 Å². The average molecular weight is 591 g/mol. The molecular formula is C27H30F4N8O3. The van der Waals surface area contributed by atoms with Gasteiger partial charge in [-0.1, -0.05) is 0 Å². The molecule has 42 heavy (non-hydrogen) atoms. The minimum atomic E-state index is -3.01. The number of methoxy groups -OCH3 is 1. The first-order valence-corrected chi connectivity index (χ1v) is 13.1. The zero-order chi connectivity index (χ0) is 30.2. The molecule has 5 N–H and O–H groups in total. The van der Waals surface area contributed by atoms with Crippen molar-refractivity contribution in [2.75, 3.05) is 30.8 Å². The lowest BCUT2D eigenvalue weighted by Gasteiger charge is -2.44. The van der Waals surface area contributed by atoms with Gasteiger partial charge in [-0.3, -0.25) is 4.98 Å². The molecule has 1 fully saturated rings. The fraction of sp³-hybridized carbons (Fsp3) is 0.407. The Morgan fingerprint density at radius 3 is 2.55 bits per heavy atom. The molecule has 1 aliphatic rings. The maximum Gasteiger partial charge on any atom is 0.265 e. The van der Waals surface area contributed by atoms with Gasteiger partial charge in [0.2, 0.25) is 0 Å². The first-order valence-electron chi connectivity index (χ1n) is 13.1. The molecule has 3 atom stereocenters. The minimum Gasteiger partial charge on any atom is -0.459 e. The number of rotatable bonds is 9. The lowest BCUT2D eigenvalue weighted by atomic mass is 9.84. The molecule has 1 unspecified atom stereocenters. The molecule has 0 saturated carbocycles. The van der Waals surface area contributed by atoms with Gasteiger partial charge in [-0.2, -0.15) is 0 Å². The predicted octanol–water partition coefficient (Wildman–Crippen LogP) is 3.09. The number of halogens is 4. The van der Waals surface area contributed by atoms with Crippen LogP contribution in [0.1, 0.15) is 25.3 Å². The summed E-state index contributed by atoms with van der Waals surface area (Å²) in [4.78, 5) is 18.7. The van der Waals surface area contributed by atoms with Crippen LogP contribution in [-0.4, -0.2) is 74.2 Å². The van der Waals surface area contributed by atoms with Crippen LogP contribution >= 0.6 is 0 Å². The standard InChI is InChI=1S/C27H30F4N8O3/c1-14(41-2)42-22-17(28)6-15(7-18(22)29)19-8-16(10-39-13-37-21-25(32)35-12-36-26(21)39)20(9-34-19)38-5-3-4-27(33,11-38)23(40)24(30)31/h6-9,12-14,23-24,40H,3-5,10-11,33H2,1-2H3,(H2,32,35,36)/t14?,23-,27+/m0/s1. The molecule has 15 heteroatoms. The summed E-state index contributed by atoms with van der Waals surface area (Å²) in [5.41, 5.74) is 13.0. The van der Waals surface area contributed by atoms with Gasteiger partial charge in [0.15, 0.2) is 35.1 Å². The topological polar surface area (TPSA) is 150 Å². The van der Waals surface area contributed by atoms with E-state index in [9.17, 15) is 22.7 Å². The largest absolute Gasteiger partial charge is 0.459 e. The van der Waals surface area contributed by atoms with Gasteiger partial charge in [0.1, 0.15) is 17.9 Å². The molecule has 1 aromatic carbocycles. The quantitative estimate of drug-likeness (QED) is 0.196. The number of benzene rings is 1. The molecule has 0 spiro atoms. The van der Waals surface area contributed by atoms with Gasteiger partial charge >= 0.3 is 0 Å². The summed E-state index contributed by atoms with van der Waals surface area (Å²) in [5.74, 6) is -2.29. The Morgan fingerprint density at radius 1 is 1.12 bits per heavy atom.